The van der Waals surface area contributed by atoms with Crippen molar-refractivity contribution in [1.82, 2.24) is 0 Å². The summed E-state index contributed by atoms with van der Waals surface area (Å²) in [6, 6.07) is 6.85. The lowest BCUT2D eigenvalue weighted by molar-refractivity contribution is 0.358. The van der Waals surface area contributed by atoms with Gasteiger partial charge in [0.05, 0.1) is 0 Å². The molecule has 1 nitrogen and oxygen atoms in total. The van der Waals surface area contributed by atoms with E-state index in [0.29, 0.717) is 11.8 Å². The molecular weight excluding hydrogens is 362 g/mol. The number of piperidine rings is 1. The van der Waals surface area contributed by atoms with Gasteiger partial charge in [-0.3, -0.25) is 0 Å². The second-order valence-corrected chi connectivity index (χ2v) is 10.3. The van der Waals surface area contributed by atoms with E-state index in [2.05, 4.69) is 76.1 Å². The van der Waals surface area contributed by atoms with Crippen LogP contribution in [0.15, 0.2) is 54.7 Å². The summed E-state index contributed by atoms with van der Waals surface area (Å²) < 4.78 is 0. The highest BCUT2D eigenvalue weighted by Gasteiger charge is 2.32. The average molecular weight is 406 g/mol. The zero-order valence-corrected chi connectivity index (χ0v) is 19.9. The molecular formula is C29H43N. The second kappa shape index (κ2) is 10.5. The molecule has 2 unspecified atom stereocenters. The molecule has 2 atom stereocenters. The lowest BCUT2D eigenvalue weighted by atomic mass is 9.84. The summed E-state index contributed by atoms with van der Waals surface area (Å²) in [6.07, 6.45) is 13.9. The fourth-order valence-corrected chi connectivity index (χ4v) is 5.21. The van der Waals surface area contributed by atoms with Gasteiger partial charge in [0.2, 0.25) is 0 Å². The van der Waals surface area contributed by atoms with Gasteiger partial charge in [-0.25, -0.2) is 0 Å². The van der Waals surface area contributed by atoms with Crippen LogP contribution in [-0.2, 0) is 0 Å². The summed E-state index contributed by atoms with van der Waals surface area (Å²) in [6.45, 7) is 19.8. The van der Waals surface area contributed by atoms with Crippen LogP contribution >= 0.6 is 0 Å². The molecule has 0 bridgehead atoms. The van der Waals surface area contributed by atoms with Crippen molar-refractivity contribution in [3.63, 3.8) is 0 Å². The molecule has 0 spiro atoms. The lowest BCUT2D eigenvalue weighted by Crippen LogP contribution is -2.34. The van der Waals surface area contributed by atoms with Gasteiger partial charge in [-0.05, 0) is 112 Å². The van der Waals surface area contributed by atoms with Crippen LogP contribution < -0.4 is 4.90 Å². The largest absolute Gasteiger partial charge is 0.371 e. The third kappa shape index (κ3) is 6.37. The molecule has 0 radical (unpaired) electrons. The number of benzene rings is 1. The molecule has 0 aromatic heterocycles. The Morgan fingerprint density at radius 3 is 2.47 bits per heavy atom. The molecule has 0 N–H and O–H groups in total. The summed E-state index contributed by atoms with van der Waals surface area (Å²) >= 11 is 0. The van der Waals surface area contributed by atoms with Crippen molar-refractivity contribution in [3.05, 3.63) is 65.8 Å². The Hall–Kier alpha value is -1.76. The normalized spacial score (nSPS) is 20.1. The molecule has 1 aromatic rings. The molecule has 3 rings (SSSR count). The Kier molecular flexibility index (Phi) is 8.03. The van der Waals surface area contributed by atoms with Crippen molar-refractivity contribution >= 4 is 5.69 Å². The van der Waals surface area contributed by atoms with Crippen molar-refractivity contribution in [2.24, 2.45) is 23.7 Å². The van der Waals surface area contributed by atoms with Crippen LogP contribution in [0.2, 0.25) is 0 Å². The molecule has 30 heavy (non-hydrogen) atoms. The highest BCUT2D eigenvalue weighted by Crippen LogP contribution is 2.44. The summed E-state index contributed by atoms with van der Waals surface area (Å²) in [7, 11) is 0. The topological polar surface area (TPSA) is 3.24 Å². The number of aryl methyl sites for hydroxylation is 2. The number of hydrogen-bond donors (Lipinski definition) is 0. The van der Waals surface area contributed by atoms with Crippen LogP contribution in [0.5, 0.6) is 0 Å². The predicted octanol–water partition coefficient (Wildman–Crippen LogP) is 8.04. The quantitative estimate of drug-likeness (QED) is 0.281. The molecule has 164 valence electrons. The maximum absolute atomic E-state index is 4.17. The SMILES string of the molecule is C=C/C(=C\C(C)CCC1CCN(c2cc(C)ccc2C)CC1)C(CC(=C)C)C1CC1. The van der Waals surface area contributed by atoms with Gasteiger partial charge in [0.1, 0.15) is 0 Å². The van der Waals surface area contributed by atoms with Gasteiger partial charge in [0.25, 0.3) is 0 Å². The molecule has 1 heterocycles. The van der Waals surface area contributed by atoms with Gasteiger partial charge in [0.15, 0.2) is 0 Å². The molecule has 1 aliphatic carbocycles. The van der Waals surface area contributed by atoms with Crippen LogP contribution in [0.1, 0.15) is 69.9 Å². The number of allylic oxidation sites excluding steroid dienone is 4. The maximum Gasteiger partial charge on any atom is 0.0398 e. The first-order valence-corrected chi connectivity index (χ1v) is 12.2. The molecule has 2 fully saturated rings. The maximum atomic E-state index is 4.17. The van der Waals surface area contributed by atoms with E-state index in [0.717, 1.165) is 18.3 Å². The standard InChI is InChI=1S/C29H43N/c1-7-26(28(18-21(2)3)27-12-13-27)19-22(4)9-11-25-14-16-30(17-15-25)29-20-23(5)8-10-24(29)6/h7-8,10,19-20,22,25,27-28H,1-2,9,11-18H2,3-6H3/b26-19+. The van der Waals surface area contributed by atoms with Crippen molar-refractivity contribution in [2.45, 2.75) is 72.6 Å². The van der Waals surface area contributed by atoms with Crippen LogP contribution in [-0.4, -0.2) is 13.1 Å². The van der Waals surface area contributed by atoms with Gasteiger partial charge in [-0.2, -0.15) is 0 Å². The van der Waals surface area contributed by atoms with E-state index >= 15 is 0 Å². The number of rotatable bonds is 10. The third-order valence-corrected chi connectivity index (χ3v) is 7.25. The molecule has 1 aromatic carbocycles. The van der Waals surface area contributed by atoms with Crippen LogP contribution in [0.4, 0.5) is 5.69 Å². The Morgan fingerprint density at radius 2 is 1.87 bits per heavy atom. The monoisotopic (exact) mass is 405 g/mol. The zero-order chi connectivity index (χ0) is 21.7. The van der Waals surface area contributed by atoms with E-state index in [-0.39, 0.29) is 0 Å². The number of anilines is 1. The summed E-state index contributed by atoms with van der Waals surface area (Å²) in [5.41, 5.74) is 7.02. The van der Waals surface area contributed by atoms with Crippen molar-refractivity contribution in [1.29, 1.82) is 0 Å². The zero-order valence-electron chi connectivity index (χ0n) is 19.9. The van der Waals surface area contributed by atoms with Crippen molar-refractivity contribution in [2.75, 3.05) is 18.0 Å². The molecule has 1 heteroatoms. The van der Waals surface area contributed by atoms with E-state index in [1.807, 2.05) is 0 Å². The van der Waals surface area contributed by atoms with E-state index in [1.54, 1.807) is 0 Å². The first-order valence-electron chi connectivity index (χ1n) is 12.2. The molecule has 0 amide bonds. The Morgan fingerprint density at radius 1 is 1.17 bits per heavy atom. The van der Waals surface area contributed by atoms with Gasteiger partial charge in [0, 0.05) is 18.8 Å². The molecule has 1 saturated heterocycles. The van der Waals surface area contributed by atoms with Gasteiger partial charge >= 0.3 is 0 Å². The first-order chi connectivity index (χ1) is 14.4. The number of nitrogens with zero attached hydrogens (tertiary/aromatic N) is 1. The Labute approximate surface area is 186 Å². The van der Waals surface area contributed by atoms with E-state index in [4.69, 9.17) is 0 Å². The Bertz CT molecular complexity index is 759. The van der Waals surface area contributed by atoms with Crippen LogP contribution in [0.25, 0.3) is 0 Å². The van der Waals surface area contributed by atoms with Crippen molar-refractivity contribution in [3.8, 4) is 0 Å². The summed E-state index contributed by atoms with van der Waals surface area (Å²) in [4.78, 5) is 2.61. The average Bonchev–Trinajstić information content (AvgIpc) is 3.56. The number of hydrogen-bond acceptors (Lipinski definition) is 1. The highest BCUT2D eigenvalue weighted by atomic mass is 15.1. The Balaban J connectivity index is 1.49. The summed E-state index contributed by atoms with van der Waals surface area (Å²) in [5.74, 6) is 3.04. The van der Waals surface area contributed by atoms with Crippen LogP contribution in [0, 0.1) is 37.5 Å². The smallest absolute Gasteiger partial charge is 0.0398 e. The first kappa shape index (κ1) is 22.9. The molecule has 2 aliphatic rings. The minimum atomic E-state index is 0.640. The fourth-order valence-electron chi connectivity index (χ4n) is 5.21. The second-order valence-electron chi connectivity index (χ2n) is 10.3. The minimum absolute atomic E-state index is 0.640. The predicted molar refractivity (Wildman–Crippen MR) is 133 cm³/mol. The third-order valence-electron chi connectivity index (χ3n) is 7.25. The van der Waals surface area contributed by atoms with Crippen molar-refractivity contribution < 1.29 is 0 Å². The molecule has 1 saturated carbocycles. The van der Waals surface area contributed by atoms with Gasteiger partial charge in [-0.1, -0.05) is 43.4 Å². The lowest BCUT2D eigenvalue weighted by Gasteiger charge is -2.35. The fraction of sp³-hybridized carbons (Fsp3) is 0.586. The molecule has 1 aliphatic heterocycles. The highest BCUT2D eigenvalue weighted by molar-refractivity contribution is 5.55. The van der Waals surface area contributed by atoms with E-state index in [1.165, 1.54) is 79.6 Å². The van der Waals surface area contributed by atoms with Gasteiger partial charge < -0.3 is 4.90 Å². The summed E-state index contributed by atoms with van der Waals surface area (Å²) in [5, 5.41) is 0. The minimum Gasteiger partial charge on any atom is -0.371 e. The van der Waals surface area contributed by atoms with Gasteiger partial charge in [-0.15, -0.1) is 6.58 Å². The van der Waals surface area contributed by atoms with E-state index < -0.39 is 0 Å². The van der Waals surface area contributed by atoms with E-state index in [9.17, 15) is 0 Å². The van der Waals surface area contributed by atoms with Crippen LogP contribution in [0.3, 0.4) is 0 Å².